The van der Waals surface area contributed by atoms with E-state index in [4.69, 9.17) is 0 Å². The van der Waals surface area contributed by atoms with Gasteiger partial charge in [-0.1, -0.05) is 44.2 Å². The van der Waals surface area contributed by atoms with Crippen LogP contribution in [0.2, 0.25) is 0 Å². The fourth-order valence-electron chi connectivity index (χ4n) is 3.58. The number of hydrogen-bond acceptors (Lipinski definition) is 4. The van der Waals surface area contributed by atoms with Crippen molar-refractivity contribution < 1.29 is 22.4 Å². The molecule has 2 aromatic carbocycles. The van der Waals surface area contributed by atoms with Crippen LogP contribution < -0.4 is 9.62 Å². The zero-order valence-corrected chi connectivity index (χ0v) is 21.2. The van der Waals surface area contributed by atoms with Gasteiger partial charge in [0.1, 0.15) is 18.4 Å². The first kappa shape index (κ1) is 27.3. The maximum atomic E-state index is 13.8. The molecule has 186 valence electrons. The minimum atomic E-state index is -3.90. The molecular weight excluding hydrogens is 457 g/mol. The number of anilines is 1. The average molecular weight is 492 g/mol. The van der Waals surface area contributed by atoms with E-state index in [1.54, 1.807) is 6.92 Å². The molecule has 0 bridgehead atoms. The lowest BCUT2D eigenvalue weighted by Crippen LogP contribution is -2.53. The molecule has 2 aromatic rings. The lowest BCUT2D eigenvalue weighted by Gasteiger charge is -2.33. The standard InChI is InChI=1S/C25H34FN3O4S/c1-6-19(4)27-25(31)23(7-2)28(16-20-12-9-8-11-18(20)3)24(30)17-29(34(5,32)33)22-14-10-13-21(26)15-22/h8-15,19,23H,6-7,16-17H2,1-5H3,(H,27,31)/t19-,23-/m0/s1. The van der Waals surface area contributed by atoms with Crippen molar-refractivity contribution in [2.45, 2.75) is 59.2 Å². The van der Waals surface area contributed by atoms with E-state index in [1.165, 1.54) is 23.1 Å². The predicted molar refractivity (Wildman–Crippen MR) is 132 cm³/mol. The summed E-state index contributed by atoms with van der Waals surface area (Å²) in [6, 6.07) is 11.7. The van der Waals surface area contributed by atoms with Crippen molar-refractivity contribution in [3.8, 4) is 0 Å². The first-order chi connectivity index (χ1) is 16.0. The summed E-state index contributed by atoms with van der Waals surface area (Å²) in [4.78, 5) is 28.1. The normalized spacial score (nSPS) is 13.1. The van der Waals surface area contributed by atoms with Crippen molar-refractivity contribution >= 4 is 27.5 Å². The maximum Gasteiger partial charge on any atom is 0.244 e. The summed E-state index contributed by atoms with van der Waals surface area (Å²) in [6.07, 6.45) is 2.04. The predicted octanol–water partition coefficient (Wildman–Crippen LogP) is 3.62. The van der Waals surface area contributed by atoms with E-state index < -0.39 is 34.3 Å². The highest BCUT2D eigenvalue weighted by Gasteiger charge is 2.32. The Labute approximate surface area is 202 Å². The highest BCUT2D eigenvalue weighted by molar-refractivity contribution is 7.92. The minimum absolute atomic E-state index is 0.0452. The van der Waals surface area contributed by atoms with E-state index in [1.807, 2.05) is 45.0 Å². The zero-order chi connectivity index (χ0) is 25.5. The van der Waals surface area contributed by atoms with Crippen molar-refractivity contribution in [2.75, 3.05) is 17.1 Å². The van der Waals surface area contributed by atoms with Crippen molar-refractivity contribution in [1.82, 2.24) is 10.2 Å². The van der Waals surface area contributed by atoms with Gasteiger partial charge < -0.3 is 10.2 Å². The van der Waals surface area contributed by atoms with Gasteiger partial charge in [0.05, 0.1) is 11.9 Å². The molecule has 0 aromatic heterocycles. The Balaban J connectivity index is 2.45. The van der Waals surface area contributed by atoms with E-state index >= 15 is 0 Å². The van der Waals surface area contributed by atoms with Crippen LogP contribution in [0, 0.1) is 12.7 Å². The lowest BCUT2D eigenvalue weighted by atomic mass is 10.1. The number of carbonyl (C=O) groups excluding carboxylic acids is 2. The van der Waals surface area contributed by atoms with Crippen LogP contribution >= 0.6 is 0 Å². The molecule has 0 unspecified atom stereocenters. The molecule has 0 aliphatic heterocycles. The number of hydrogen-bond donors (Lipinski definition) is 1. The summed E-state index contributed by atoms with van der Waals surface area (Å²) in [5.41, 5.74) is 1.84. The molecule has 0 heterocycles. The maximum absolute atomic E-state index is 13.8. The Morgan fingerprint density at radius 2 is 1.74 bits per heavy atom. The summed E-state index contributed by atoms with van der Waals surface area (Å²) in [5.74, 6) is -1.46. The number of rotatable bonds is 11. The van der Waals surface area contributed by atoms with Crippen LogP contribution in [-0.4, -0.2) is 50.0 Å². The second kappa shape index (κ2) is 12.0. The van der Waals surface area contributed by atoms with Gasteiger partial charge in [0.15, 0.2) is 0 Å². The van der Waals surface area contributed by atoms with Gasteiger partial charge >= 0.3 is 0 Å². The Morgan fingerprint density at radius 3 is 2.29 bits per heavy atom. The Kier molecular flexibility index (Phi) is 9.61. The molecule has 1 N–H and O–H groups in total. The van der Waals surface area contributed by atoms with Crippen molar-refractivity contribution in [2.24, 2.45) is 0 Å². The third kappa shape index (κ3) is 7.28. The molecule has 0 aliphatic carbocycles. The second-order valence-electron chi connectivity index (χ2n) is 8.44. The van der Waals surface area contributed by atoms with Gasteiger partial charge in [-0.2, -0.15) is 0 Å². The smallest absolute Gasteiger partial charge is 0.244 e. The highest BCUT2D eigenvalue weighted by Crippen LogP contribution is 2.21. The van der Waals surface area contributed by atoms with E-state index in [0.29, 0.717) is 6.42 Å². The summed E-state index contributed by atoms with van der Waals surface area (Å²) in [5, 5.41) is 2.92. The lowest BCUT2D eigenvalue weighted by molar-refractivity contribution is -0.140. The highest BCUT2D eigenvalue weighted by atomic mass is 32.2. The van der Waals surface area contributed by atoms with Crippen LogP contribution in [0.5, 0.6) is 0 Å². The molecule has 0 fully saturated rings. The van der Waals surface area contributed by atoms with Crippen LogP contribution in [0.3, 0.4) is 0 Å². The SMILES string of the molecule is CC[C@H](C)NC(=O)[C@H](CC)N(Cc1ccccc1C)C(=O)CN(c1cccc(F)c1)S(C)(=O)=O. The summed E-state index contributed by atoms with van der Waals surface area (Å²) in [7, 11) is -3.90. The monoisotopic (exact) mass is 491 g/mol. The largest absolute Gasteiger partial charge is 0.352 e. The third-order valence-corrected chi connectivity index (χ3v) is 6.90. The van der Waals surface area contributed by atoms with Gasteiger partial charge in [-0.05, 0) is 56.0 Å². The van der Waals surface area contributed by atoms with Crippen LogP contribution in [0.15, 0.2) is 48.5 Å². The van der Waals surface area contributed by atoms with Gasteiger partial charge in [-0.3, -0.25) is 13.9 Å². The third-order valence-electron chi connectivity index (χ3n) is 5.76. The zero-order valence-electron chi connectivity index (χ0n) is 20.4. The molecule has 9 heteroatoms. The second-order valence-corrected chi connectivity index (χ2v) is 10.3. The molecule has 7 nitrogen and oxygen atoms in total. The van der Waals surface area contributed by atoms with Crippen LogP contribution in [-0.2, 0) is 26.2 Å². The van der Waals surface area contributed by atoms with Crippen molar-refractivity contribution in [3.05, 3.63) is 65.5 Å². The van der Waals surface area contributed by atoms with E-state index in [2.05, 4.69) is 5.32 Å². The molecule has 0 spiro atoms. The minimum Gasteiger partial charge on any atom is -0.352 e. The Morgan fingerprint density at radius 1 is 1.06 bits per heavy atom. The summed E-state index contributed by atoms with van der Waals surface area (Å²) < 4.78 is 39.7. The number of benzene rings is 2. The number of nitrogens with one attached hydrogen (secondary N) is 1. The van der Waals surface area contributed by atoms with Gasteiger partial charge in [0, 0.05) is 12.6 Å². The first-order valence-electron chi connectivity index (χ1n) is 11.4. The average Bonchev–Trinajstić information content (AvgIpc) is 2.77. The molecular formula is C25H34FN3O4S. The number of sulfonamides is 1. The number of carbonyl (C=O) groups is 2. The molecule has 2 amide bonds. The number of aryl methyl sites for hydroxylation is 1. The van der Waals surface area contributed by atoms with Crippen LogP contribution in [0.4, 0.5) is 10.1 Å². The number of amides is 2. The Bertz CT molecular complexity index is 1110. The number of nitrogens with zero attached hydrogens (tertiary/aromatic N) is 2. The van der Waals surface area contributed by atoms with Gasteiger partial charge in [0.25, 0.3) is 0 Å². The molecule has 0 saturated carbocycles. The van der Waals surface area contributed by atoms with E-state index in [-0.39, 0.29) is 24.2 Å². The molecule has 0 radical (unpaired) electrons. The van der Waals surface area contributed by atoms with Gasteiger partial charge in [0.2, 0.25) is 21.8 Å². The fourth-order valence-corrected chi connectivity index (χ4v) is 4.42. The molecule has 2 atom stereocenters. The fraction of sp³-hybridized carbons (Fsp3) is 0.440. The van der Waals surface area contributed by atoms with E-state index in [0.717, 1.165) is 34.2 Å². The molecule has 2 rings (SSSR count). The first-order valence-corrected chi connectivity index (χ1v) is 13.2. The topological polar surface area (TPSA) is 86.8 Å². The summed E-state index contributed by atoms with van der Waals surface area (Å²) >= 11 is 0. The van der Waals surface area contributed by atoms with E-state index in [9.17, 15) is 22.4 Å². The van der Waals surface area contributed by atoms with Crippen LogP contribution in [0.1, 0.15) is 44.7 Å². The number of halogens is 1. The summed E-state index contributed by atoms with van der Waals surface area (Å²) in [6.45, 7) is 7.13. The van der Waals surface area contributed by atoms with Crippen LogP contribution in [0.25, 0.3) is 0 Å². The van der Waals surface area contributed by atoms with Gasteiger partial charge in [-0.15, -0.1) is 0 Å². The Hall–Kier alpha value is -2.94. The van der Waals surface area contributed by atoms with Gasteiger partial charge in [-0.25, -0.2) is 12.8 Å². The molecule has 0 saturated heterocycles. The quantitative estimate of drug-likeness (QED) is 0.520. The van der Waals surface area contributed by atoms with Crippen molar-refractivity contribution in [1.29, 1.82) is 0 Å². The molecule has 0 aliphatic rings. The molecule has 34 heavy (non-hydrogen) atoms. The van der Waals surface area contributed by atoms with Crippen molar-refractivity contribution in [3.63, 3.8) is 0 Å².